The number of benzene rings is 1. The molecule has 1 aromatic heterocycles. The molecule has 0 unspecified atom stereocenters. The van der Waals surface area contributed by atoms with Gasteiger partial charge in [0, 0.05) is 19.2 Å². The molecule has 1 aliphatic heterocycles. The van der Waals surface area contributed by atoms with Gasteiger partial charge in [-0.1, -0.05) is 12.1 Å². The van der Waals surface area contributed by atoms with Crippen LogP contribution in [-0.2, 0) is 14.8 Å². The average Bonchev–Trinajstić information content (AvgIpc) is 3.01. The van der Waals surface area contributed by atoms with Gasteiger partial charge in [0.25, 0.3) is 5.91 Å². The number of carbonyl (C=O) groups is 1. The monoisotopic (exact) mass is 424 g/mol. The highest BCUT2D eigenvalue weighted by Gasteiger charge is 2.33. The van der Waals surface area contributed by atoms with Crippen LogP contribution in [0.1, 0.15) is 16.2 Å². The first-order chi connectivity index (χ1) is 13.7. The standard InChI is InChI=1S/C17H20N4O7S/c1-12-17(29(25,26)19-7-9-27-10-8-19)13(2)20(18-12)16(22)11-28-15-6-4-3-5-14(15)21(23)24/h3-6H,7-11H2,1-2H3. The van der Waals surface area contributed by atoms with Gasteiger partial charge in [-0.15, -0.1) is 0 Å². The van der Waals surface area contributed by atoms with Gasteiger partial charge in [0.2, 0.25) is 10.0 Å². The van der Waals surface area contributed by atoms with Crippen LogP contribution >= 0.6 is 0 Å². The van der Waals surface area contributed by atoms with Crippen molar-refractivity contribution < 1.29 is 27.6 Å². The summed E-state index contributed by atoms with van der Waals surface area (Å²) in [7, 11) is -3.83. The van der Waals surface area contributed by atoms with Crippen LogP contribution in [0.15, 0.2) is 29.2 Å². The minimum absolute atomic E-state index is 0.0292. The minimum atomic E-state index is -3.83. The summed E-state index contributed by atoms with van der Waals surface area (Å²) in [5, 5.41) is 15.1. The third-order valence-electron chi connectivity index (χ3n) is 4.44. The lowest BCUT2D eigenvalue weighted by Gasteiger charge is -2.26. The molecule has 1 aromatic carbocycles. The molecule has 0 bridgehead atoms. The number of rotatable bonds is 6. The first-order valence-electron chi connectivity index (χ1n) is 8.77. The zero-order valence-electron chi connectivity index (χ0n) is 15.9. The highest BCUT2D eigenvalue weighted by molar-refractivity contribution is 7.89. The van der Waals surface area contributed by atoms with Gasteiger partial charge < -0.3 is 9.47 Å². The second-order valence-corrected chi connectivity index (χ2v) is 8.21. The Morgan fingerprint density at radius 1 is 1.28 bits per heavy atom. The second-order valence-electron chi connectivity index (χ2n) is 6.34. The largest absolute Gasteiger partial charge is 0.477 e. The number of para-hydroxylation sites is 2. The summed E-state index contributed by atoms with van der Waals surface area (Å²) < 4.78 is 38.7. The van der Waals surface area contributed by atoms with Crippen LogP contribution in [-0.4, -0.2) is 66.2 Å². The molecule has 0 atom stereocenters. The summed E-state index contributed by atoms with van der Waals surface area (Å²) in [6, 6.07) is 5.66. The molecule has 2 heterocycles. The normalized spacial score (nSPS) is 15.2. The summed E-state index contributed by atoms with van der Waals surface area (Å²) in [6.45, 7) is 3.50. The number of nitro groups is 1. The van der Waals surface area contributed by atoms with Crippen molar-refractivity contribution in [2.75, 3.05) is 32.9 Å². The topological polar surface area (TPSA) is 134 Å². The summed E-state index contributed by atoms with van der Waals surface area (Å²) in [5.41, 5.74) is 0.0717. The Kier molecular flexibility index (Phi) is 5.96. The van der Waals surface area contributed by atoms with E-state index in [1.165, 1.54) is 36.4 Å². The fourth-order valence-corrected chi connectivity index (χ4v) is 4.85. The zero-order chi connectivity index (χ0) is 21.2. The van der Waals surface area contributed by atoms with E-state index in [1.807, 2.05) is 0 Å². The van der Waals surface area contributed by atoms with Crippen molar-refractivity contribution in [3.8, 4) is 5.75 Å². The molecule has 156 valence electrons. The first kappa shape index (κ1) is 20.9. The fraction of sp³-hybridized carbons (Fsp3) is 0.412. The Morgan fingerprint density at radius 3 is 2.59 bits per heavy atom. The van der Waals surface area contributed by atoms with E-state index in [9.17, 15) is 23.3 Å². The number of carbonyl (C=O) groups excluding carboxylic acids is 1. The molecule has 1 fully saturated rings. The second kappa shape index (κ2) is 8.27. The Hall–Kier alpha value is -2.83. The molecule has 0 N–H and O–H groups in total. The molecule has 29 heavy (non-hydrogen) atoms. The molecule has 2 aromatic rings. The molecular weight excluding hydrogens is 404 g/mol. The lowest BCUT2D eigenvalue weighted by atomic mass is 10.3. The van der Waals surface area contributed by atoms with Crippen molar-refractivity contribution in [2.45, 2.75) is 18.7 Å². The van der Waals surface area contributed by atoms with Crippen LogP contribution in [0, 0.1) is 24.0 Å². The number of aryl methyl sites for hydroxylation is 1. The van der Waals surface area contributed by atoms with Crippen LogP contribution in [0.5, 0.6) is 5.75 Å². The zero-order valence-corrected chi connectivity index (χ0v) is 16.7. The van der Waals surface area contributed by atoms with Gasteiger partial charge in [-0.05, 0) is 19.9 Å². The Labute approximate surface area is 167 Å². The molecular formula is C17H20N4O7S. The smallest absolute Gasteiger partial charge is 0.310 e. The average molecular weight is 424 g/mol. The van der Waals surface area contributed by atoms with Crippen molar-refractivity contribution in [3.05, 3.63) is 45.8 Å². The molecule has 0 radical (unpaired) electrons. The van der Waals surface area contributed by atoms with Crippen LogP contribution in [0.25, 0.3) is 0 Å². The summed E-state index contributed by atoms with van der Waals surface area (Å²) in [4.78, 5) is 23.0. The van der Waals surface area contributed by atoms with Crippen molar-refractivity contribution in [1.29, 1.82) is 0 Å². The van der Waals surface area contributed by atoms with E-state index in [0.717, 1.165) is 4.68 Å². The van der Waals surface area contributed by atoms with Crippen molar-refractivity contribution in [3.63, 3.8) is 0 Å². The van der Waals surface area contributed by atoms with Crippen molar-refractivity contribution in [2.24, 2.45) is 0 Å². The molecule has 3 rings (SSSR count). The van der Waals surface area contributed by atoms with Gasteiger partial charge in [0.05, 0.1) is 29.5 Å². The minimum Gasteiger partial charge on any atom is -0.477 e. The van der Waals surface area contributed by atoms with Crippen LogP contribution in [0.3, 0.4) is 0 Å². The summed E-state index contributed by atoms with van der Waals surface area (Å²) in [6.07, 6.45) is 0. The number of morpholine rings is 1. The third-order valence-corrected chi connectivity index (χ3v) is 6.59. The lowest BCUT2D eigenvalue weighted by molar-refractivity contribution is -0.385. The summed E-state index contributed by atoms with van der Waals surface area (Å²) in [5.74, 6) is -0.708. The van der Waals surface area contributed by atoms with Gasteiger partial charge in [0.15, 0.2) is 12.4 Å². The molecule has 0 saturated carbocycles. The number of hydrogen-bond donors (Lipinski definition) is 0. The maximum atomic E-state index is 13.0. The summed E-state index contributed by atoms with van der Waals surface area (Å²) >= 11 is 0. The van der Waals surface area contributed by atoms with Crippen LogP contribution < -0.4 is 4.74 Å². The maximum absolute atomic E-state index is 13.0. The van der Waals surface area contributed by atoms with E-state index in [4.69, 9.17) is 9.47 Å². The molecule has 12 heteroatoms. The first-order valence-corrected chi connectivity index (χ1v) is 10.2. The van der Waals surface area contributed by atoms with E-state index >= 15 is 0 Å². The molecule has 0 amide bonds. The van der Waals surface area contributed by atoms with Crippen molar-refractivity contribution >= 4 is 21.6 Å². The molecule has 1 saturated heterocycles. The number of sulfonamides is 1. The van der Waals surface area contributed by atoms with E-state index in [-0.39, 0.29) is 40.8 Å². The Morgan fingerprint density at radius 2 is 1.93 bits per heavy atom. The predicted octanol–water partition coefficient (Wildman–Crippen LogP) is 1.15. The predicted molar refractivity (Wildman–Crippen MR) is 100 cm³/mol. The molecule has 0 aliphatic carbocycles. The molecule has 0 spiro atoms. The quantitative estimate of drug-likeness (QED) is 0.498. The molecule has 1 aliphatic rings. The third kappa shape index (κ3) is 4.13. The Bertz CT molecular complexity index is 1040. The van der Waals surface area contributed by atoms with E-state index < -0.39 is 27.5 Å². The van der Waals surface area contributed by atoms with E-state index in [0.29, 0.717) is 13.2 Å². The van der Waals surface area contributed by atoms with Gasteiger partial charge in [-0.25, -0.2) is 13.1 Å². The number of aromatic nitrogens is 2. The Balaban J connectivity index is 1.83. The lowest BCUT2D eigenvalue weighted by Crippen LogP contribution is -2.41. The highest BCUT2D eigenvalue weighted by atomic mass is 32.2. The van der Waals surface area contributed by atoms with Gasteiger partial charge in [-0.3, -0.25) is 14.9 Å². The number of nitrogens with zero attached hydrogens (tertiary/aromatic N) is 4. The van der Waals surface area contributed by atoms with Gasteiger partial charge in [-0.2, -0.15) is 9.40 Å². The van der Waals surface area contributed by atoms with E-state index in [1.54, 1.807) is 6.07 Å². The molecule has 11 nitrogen and oxygen atoms in total. The van der Waals surface area contributed by atoms with Crippen LogP contribution in [0.4, 0.5) is 5.69 Å². The fourth-order valence-electron chi connectivity index (χ4n) is 3.09. The van der Waals surface area contributed by atoms with Crippen LogP contribution in [0.2, 0.25) is 0 Å². The SMILES string of the molecule is Cc1nn(C(=O)COc2ccccc2[N+](=O)[O-])c(C)c1S(=O)(=O)N1CCOCC1. The van der Waals surface area contributed by atoms with Gasteiger partial charge >= 0.3 is 5.69 Å². The van der Waals surface area contributed by atoms with E-state index in [2.05, 4.69) is 5.10 Å². The van der Waals surface area contributed by atoms with Crippen molar-refractivity contribution in [1.82, 2.24) is 14.1 Å². The highest BCUT2D eigenvalue weighted by Crippen LogP contribution is 2.27. The maximum Gasteiger partial charge on any atom is 0.310 e. The number of nitro benzene ring substituents is 1. The van der Waals surface area contributed by atoms with Gasteiger partial charge in [0.1, 0.15) is 4.90 Å². The number of hydrogen-bond acceptors (Lipinski definition) is 8. The number of ether oxygens (including phenoxy) is 2.